The number of nitrogens with two attached hydrogens (primary N) is 1. The van der Waals surface area contributed by atoms with Gasteiger partial charge in [-0.25, -0.2) is 0 Å². The zero-order valence-corrected chi connectivity index (χ0v) is 12.3. The Balaban J connectivity index is 1.45. The van der Waals surface area contributed by atoms with Crippen LogP contribution < -0.4 is 32.3 Å². The van der Waals surface area contributed by atoms with E-state index in [0.717, 1.165) is 32.7 Å². The number of fused-ring (bicyclic) bond motifs is 1. The maximum Gasteiger partial charge on any atom is 0.0827 e. The van der Waals surface area contributed by atoms with Gasteiger partial charge >= 0.3 is 0 Å². The lowest BCUT2D eigenvalue weighted by Crippen LogP contribution is -2.66. The molecule has 0 aromatic rings. The number of hydrogen-bond donors (Lipinski definition) is 7. The van der Waals surface area contributed by atoms with Crippen LogP contribution in [-0.4, -0.2) is 74.7 Å². The third kappa shape index (κ3) is 3.53. The molecule has 8 nitrogen and oxygen atoms in total. The summed E-state index contributed by atoms with van der Waals surface area (Å²) in [6.07, 6.45) is 2.65. The van der Waals surface area contributed by atoms with Crippen molar-refractivity contribution in [3.8, 4) is 0 Å². The summed E-state index contributed by atoms with van der Waals surface area (Å²) < 4.78 is 0. The molecule has 0 aromatic carbocycles. The molecule has 3 aliphatic rings. The molecule has 21 heavy (non-hydrogen) atoms. The Bertz CT molecular complexity index is 358. The third-order valence-electron chi connectivity index (χ3n) is 4.76. The van der Waals surface area contributed by atoms with Crippen LogP contribution in [0.25, 0.3) is 0 Å². The summed E-state index contributed by atoms with van der Waals surface area (Å²) in [6, 6.07) is 1.12. The molecule has 3 rings (SSSR count). The smallest absolute Gasteiger partial charge is 0.0827 e. The summed E-state index contributed by atoms with van der Waals surface area (Å²) in [4.78, 5) is 4.17. The van der Waals surface area contributed by atoms with Crippen molar-refractivity contribution in [1.29, 1.82) is 0 Å². The van der Waals surface area contributed by atoms with Gasteiger partial charge in [-0.15, -0.1) is 0 Å². The highest BCUT2D eigenvalue weighted by atomic mass is 16.3. The van der Waals surface area contributed by atoms with E-state index in [2.05, 4.69) is 31.6 Å². The molecule has 0 saturated carbocycles. The van der Waals surface area contributed by atoms with E-state index < -0.39 is 0 Å². The van der Waals surface area contributed by atoms with E-state index in [1.807, 2.05) is 0 Å². The highest BCUT2D eigenvalue weighted by Gasteiger charge is 2.40. The van der Waals surface area contributed by atoms with E-state index in [0.29, 0.717) is 18.0 Å². The number of nitrogens with zero attached hydrogens (tertiary/aromatic N) is 1. The maximum absolute atomic E-state index is 9.54. The van der Waals surface area contributed by atoms with Crippen LogP contribution in [0.4, 0.5) is 0 Å². The predicted molar refractivity (Wildman–Crippen MR) is 82.0 cm³/mol. The van der Waals surface area contributed by atoms with E-state index >= 15 is 0 Å². The monoisotopic (exact) mass is 297 g/mol. The highest BCUT2D eigenvalue weighted by molar-refractivity contribution is 5.57. The Morgan fingerprint density at radius 1 is 1.33 bits per heavy atom. The highest BCUT2D eigenvalue weighted by Crippen LogP contribution is 2.18. The first-order valence-electron chi connectivity index (χ1n) is 7.82. The van der Waals surface area contributed by atoms with Crippen molar-refractivity contribution >= 4 is 6.34 Å². The van der Waals surface area contributed by atoms with E-state index in [4.69, 9.17) is 5.73 Å². The fourth-order valence-corrected chi connectivity index (χ4v) is 3.52. The van der Waals surface area contributed by atoms with Gasteiger partial charge in [0.1, 0.15) is 0 Å². The number of rotatable bonds is 6. The average Bonchev–Trinajstić information content (AvgIpc) is 3.13. The van der Waals surface area contributed by atoms with Crippen molar-refractivity contribution in [1.82, 2.24) is 26.6 Å². The molecule has 6 unspecified atom stereocenters. The lowest BCUT2D eigenvalue weighted by molar-refractivity contribution is 0.212. The van der Waals surface area contributed by atoms with Gasteiger partial charge in [-0.1, -0.05) is 0 Å². The van der Waals surface area contributed by atoms with Crippen molar-refractivity contribution in [2.45, 2.75) is 36.8 Å². The quantitative estimate of drug-likeness (QED) is 0.275. The van der Waals surface area contributed by atoms with Gasteiger partial charge in [-0.05, 0) is 6.42 Å². The molecule has 0 amide bonds. The summed E-state index contributed by atoms with van der Waals surface area (Å²) in [5.41, 5.74) is 6.08. The molecule has 8 N–H and O–H groups in total. The minimum absolute atomic E-state index is 0.00901. The van der Waals surface area contributed by atoms with Crippen molar-refractivity contribution in [2.75, 3.05) is 32.9 Å². The summed E-state index contributed by atoms with van der Waals surface area (Å²) in [6.45, 7) is 3.55. The second kappa shape index (κ2) is 6.99. The molecular formula is C13H27N7O. The molecule has 0 spiro atoms. The molecule has 8 heteroatoms. The molecule has 2 saturated heterocycles. The zero-order valence-electron chi connectivity index (χ0n) is 12.3. The van der Waals surface area contributed by atoms with Crippen molar-refractivity contribution < 1.29 is 5.11 Å². The van der Waals surface area contributed by atoms with Crippen molar-refractivity contribution in [3.63, 3.8) is 0 Å². The SMILES string of the molecule is NC1NCNC2C(CNC(CO)CC3CN=CN3)CNC12. The topological polar surface area (TPSA) is 119 Å². The van der Waals surface area contributed by atoms with Gasteiger partial charge in [0.05, 0.1) is 31.7 Å². The maximum atomic E-state index is 9.54. The van der Waals surface area contributed by atoms with E-state index in [1.54, 1.807) is 6.34 Å². The number of aliphatic imine (C=N–C) groups is 1. The fraction of sp³-hybridized carbons (Fsp3) is 0.923. The van der Waals surface area contributed by atoms with Crippen molar-refractivity contribution in [3.05, 3.63) is 0 Å². The van der Waals surface area contributed by atoms with Crippen LogP contribution >= 0.6 is 0 Å². The lowest BCUT2D eigenvalue weighted by Gasteiger charge is -2.35. The molecule has 120 valence electrons. The van der Waals surface area contributed by atoms with Crippen LogP contribution in [0.3, 0.4) is 0 Å². The Morgan fingerprint density at radius 3 is 3.00 bits per heavy atom. The van der Waals surface area contributed by atoms with Crippen LogP contribution in [0.1, 0.15) is 6.42 Å². The Morgan fingerprint density at radius 2 is 2.24 bits per heavy atom. The second-order valence-electron chi connectivity index (χ2n) is 6.21. The van der Waals surface area contributed by atoms with Crippen LogP contribution in [0, 0.1) is 5.92 Å². The van der Waals surface area contributed by atoms with Gasteiger partial charge in [0.15, 0.2) is 0 Å². The number of hydrogen-bond acceptors (Lipinski definition) is 8. The molecular weight excluding hydrogens is 270 g/mol. The lowest BCUT2D eigenvalue weighted by atomic mass is 9.95. The molecule has 3 aliphatic heterocycles. The van der Waals surface area contributed by atoms with Gasteiger partial charge in [-0.2, -0.15) is 0 Å². The van der Waals surface area contributed by atoms with Gasteiger partial charge < -0.3 is 26.8 Å². The summed E-state index contributed by atoms with van der Waals surface area (Å²) in [5.74, 6) is 0.491. The minimum Gasteiger partial charge on any atom is -0.395 e. The molecule has 0 aromatic heterocycles. The fourth-order valence-electron chi connectivity index (χ4n) is 3.52. The molecule has 0 aliphatic carbocycles. The van der Waals surface area contributed by atoms with Gasteiger partial charge in [-0.3, -0.25) is 15.6 Å². The molecule has 2 fully saturated rings. The van der Waals surface area contributed by atoms with Crippen LogP contribution in [0.5, 0.6) is 0 Å². The standard InChI is InChI=1S/C13H27N7O/c14-13-12-11(19-7-20-13)8(3-17-12)2-16-10(5-21)1-9-4-15-6-18-9/h6,8-13,16-17,19-21H,1-5,7,14H2,(H,15,18). The molecule has 6 atom stereocenters. The first-order valence-corrected chi connectivity index (χ1v) is 7.82. The van der Waals surface area contributed by atoms with Crippen LogP contribution in [0.15, 0.2) is 4.99 Å². The summed E-state index contributed by atoms with van der Waals surface area (Å²) in [7, 11) is 0. The summed E-state index contributed by atoms with van der Waals surface area (Å²) >= 11 is 0. The van der Waals surface area contributed by atoms with E-state index in [9.17, 15) is 5.11 Å². The number of aliphatic hydroxyl groups is 1. The molecule has 0 radical (unpaired) electrons. The second-order valence-corrected chi connectivity index (χ2v) is 6.21. The van der Waals surface area contributed by atoms with E-state index in [-0.39, 0.29) is 24.9 Å². The first kappa shape index (κ1) is 15.1. The van der Waals surface area contributed by atoms with Gasteiger partial charge in [0.2, 0.25) is 0 Å². The Hall–Kier alpha value is -0.770. The first-order chi connectivity index (χ1) is 10.3. The van der Waals surface area contributed by atoms with Crippen molar-refractivity contribution in [2.24, 2.45) is 16.6 Å². The Kier molecular flexibility index (Phi) is 5.04. The van der Waals surface area contributed by atoms with Crippen LogP contribution in [-0.2, 0) is 0 Å². The number of nitrogens with one attached hydrogen (secondary N) is 5. The third-order valence-corrected chi connectivity index (χ3v) is 4.76. The summed E-state index contributed by atoms with van der Waals surface area (Å²) in [5, 5.41) is 26.4. The number of aliphatic hydroxyl groups excluding tert-OH is 1. The molecule has 0 bridgehead atoms. The van der Waals surface area contributed by atoms with Crippen LogP contribution in [0.2, 0.25) is 0 Å². The largest absolute Gasteiger partial charge is 0.395 e. The van der Waals surface area contributed by atoms with E-state index in [1.165, 1.54) is 0 Å². The van der Waals surface area contributed by atoms with Gasteiger partial charge in [0.25, 0.3) is 0 Å². The predicted octanol–water partition coefficient (Wildman–Crippen LogP) is -3.28. The average molecular weight is 297 g/mol. The Labute approximate surface area is 125 Å². The van der Waals surface area contributed by atoms with Gasteiger partial charge in [0, 0.05) is 43.8 Å². The minimum atomic E-state index is 0.00901. The molecule has 3 heterocycles. The normalized spacial score (nSPS) is 40.0. The zero-order chi connectivity index (χ0) is 14.7.